The average Bonchev–Trinajstić information content (AvgIpc) is 2.02. The molecular weight excluding hydrogens is 166 g/mol. The highest BCUT2D eigenvalue weighted by Crippen LogP contribution is 2.18. The van der Waals surface area contributed by atoms with Gasteiger partial charge in [0.25, 0.3) is 0 Å². The fraction of sp³-hybridized carbons (Fsp3) is 0.900. The minimum absolute atomic E-state index is 0.227. The first-order valence-corrected chi connectivity index (χ1v) is 4.84. The molecular formula is C10H21NO2. The Bertz CT molecular complexity index is 168. The standard InChI is InChI=1S/C10H21NO2/c1-6(2)7(3)5-9(11)8(4)10(12)13/h6-9H,5,11H2,1-4H3,(H,12,13)/t7-,8?,9-/m0/s1. The fourth-order valence-corrected chi connectivity index (χ4v) is 1.09. The molecule has 3 atom stereocenters. The first kappa shape index (κ1) is 12.4. The third-order valence-corrected chi connectivity index (χ3v) is 2.81. The number of nitrogens with two attached hydrogens (primary N) is 1. The molecule has 3 N–H and O–H groups in total. The van der Waals surface area contributed by atoms with E-state index in [-0.39, 0.29) is 6.04 Å². The van der Waals surface area contributed by atoms with E-state index in [1.54, 1.807) is 6.92 Å². The van der Waals surface area contributed by atoms with E-state index in [1.165, 1.54) is 0 Å². The van der Waals surface area contributed by atoms with Gasteiger partial charge in [-0.1, -0.05) is 27.7 Å². The van der Waals surface area contributed by atoms with Crippen molar-refractivity contribution in [3.05, 3.63) is 0 Å². The molecule has 0 aromatic carbocycles. The maximum Gasteiger partial charge on any atom is 0.307 e. The summed E-state index contributed by atoms with van der Waals surface area (Å²) in [4.78, 5) is 10.6. The number of carboxylic acid groups (broad SMARTS) is 1. The highest BCUT2D eigenvalue weighted by atomic mass is 16.4. The van der Waals surface area contributed by atoms with Gasteiger partial charge in [-0.15, -0.1) is 0 Å². The van der Waals surface area contributed by atoms with Crippen LogP contribution in [0.5, 0.6) is 0 Å². The first-order chi connectivity index (χ1) is 5.86. The van der Waals surface area contributed by atoms with Gasteiger partial charge in [-0.3, -0.25) is 4.79 Å². The summed E-state index contributed by atoms with van der Waals surface area (Å²) in [5.41, 5.74) is 5.78. The summed E-state index contributed by atoms with van der Waals surface area (Å²) >= 11 is 0. The van der Waals surface area contributed by atoms with Gasteiger partial charge in [0.15, 0.2) is 0 Å². The fourth-order valence-electron chi connectivity index (χ4n) is 1.09. The Kier molecular flexibility index (Phi) is 4.99. The third-order valence-electron chi connectivity index (χ3n) is 2.81. The van der Waals surface area contributed by atoms with Crippen molar-refractivity contribution in [2.24, 2.45) is 23.5 Å². The molecule has 0 heterocycles. The molecule has 78 valence electrons. The van der Waals surface area contributed by atoms with Gasteiger partial charge in [0.05, 0.1) is 5.92 Å². The van der Waals surface area contributed by atoms with Crippen LogP contribution in [0.4, 0.5) is 0 Å². The van der Waals surface area contributed by atoms with Crippen molar-refractivity contribution in [2.75, 3.05) is 0 Å². The number of hydrogen-bond acceptors (Lipinski definition) is 2. The molecule has 0 bridgehead atoms. The second kappa shape index (κ2) is 5.22. The normalized spacial score (nSPS) is 18.3. The summed E-state index contributed by atoms with van der Waals surface area (Å²) in [6.07, 6.45) is 0.783. The summed E-state index contributed by atoms with van der Waals surface area (Å²) in [5, 5.41) is 8.72. The molecule has 0 saturated heterocycles. The van der Waals surface area contributed by atoms with Crippen molar-refractivity contribution in [3.8, 4) is 0 Å². The summed E-state index contributed by atoms with van der Waals surface area (Å²) in [6.45, 7) is 8.03. The lowest BCUT2D eigenvalue weighted by Gasteiger charge is -2.22. The van der Waals surface area contributed by atoms with Crippen LogP contribution in [0, 0.1) is 17.8 Å². The summed E-state index contributed by atoms with van der Waals surface area (Å²) in [7, 11) is 0. The maximum absolute atomic E-state index is 10.6. The van der Waals surface area contributed by atoms with Gasteiger partial charge in [0, 0.05) is 6.04 Å². The van der Waals surface area contributed by atoms with Crippen LogP contribution in [0.3, 0.4) is 0 Å². The Labute approximate surface area is 80.3 Å². The first-order valence-electron chi connectivity index (χ1n) is 4.84. The van der Waals surface area contributed by atoms with E-state index in [2.05, 4.69) is 20.8 Å². The second-order valence-corrected chi connectivity index (χ2v) is 4.25. The highest BCUT2D eigenvalue weighted by molar-refractivity contribution is 5.70. The van der Waals surface area contributed by atoms with Crippen LogP contribution in [0.25, 0.3) is 0 Å². The Morgan fingerprint density at radius 1 is 1.31 bits per heavy atom. The van der Waals surface area contributed by atoms with Gasteiger partial charge < -0.3 is 10.8 Å². The van der Waals surface area contributed by atoms with Gasteiger partial charge in [-0.05, 0) is 18.3 Å². The average molecular weight is 187 g/mol. The Morgan fingerprint density at radius 2 is 1.77 bits per heavy atom. The van der Waals surface area contributed by atoms with Crippen molar-refractivity contribution >= 4 is 5.97 Å². The SMILES string of the molecule is CC(C)[C@@H](C)C[C@H](N)C(C)C(=O)O. The molecule has 0 aliphatic rings. The van der Waals surface area contributed by atoms with Gasteiger partial charge in [-0.25, -0.2) is 0 Å². The lowest BCUT2D eigenvalue weighted by Crippen LogP contribution is -2.35. The summed E-state index contributed by atoms with van der Waals surface area (Å²) in [6, 6.07) is -0.227. The predicted octanol–water partition coefficient (Wildman–Crippen LogP) is 1.72. The van der Waals surface area contributed by atoms with Gasteiger partial charge in [0.1, 0.15) is 0 Å². The van der Waals surface area contributed by atoms with Crippen molar-refractivity contribution in [1.82, 2.24) is 0 Å². The van der Waals surface area contributed by atoms with Crippen LogP contribution >= 0.6 is 0 Å². The number of carboxylic acids is 1. The van der Waals surface area contributed by atoms with E-state index in [9.17, 15) is 4.79 Å². The minimum atomic E-state index is -0.802. The van der Waals surface area contributed by atoms with E-state index >= 15 is 0 Å². The highest BCUT2D eigenvalue weighted by Gasteiger charge is 2.22. The molecule has 3 heteroatoms. The summed E-state index contributed by atoms with van der Waals surface area (Å²) < 4.78 is 0. The van der Waals surface area contributed by atoms with Crippen LogP contribution < -0.4 is 5.73 Å². The van der Waals surface area contributed by atoms with Gasteiger partial charge >= 0.3 is 5.97 Å². The molecule has 0 fully saturated rings. The number of rotatable bonds is 5. The number of aliphatic carboxylic acids is 1. The van der Waals surface area contributed by atoms with Crippen LogP contribution in [-0.4, -0.2) is 17.1 Å². The van der Waals surface area contributed by atoms with E-state index < -0.39 is 11.9 Å². The Morgan fingerprint density at radius 3 is 2.08 bits per heavy atom. The zero-order valence-electron chi connectivity index (χ0n) is 8.95. The monoisotopic (exact) mass is 187 g/mol. The zero-order chi connectivity index (χ0) is 10.6. The quantitative estimate of drug-likeness (QED) is 0.688. The van der Waals surface area contributed by atoms with Crippen LogP contribution in [0.2, 0.25) is 0 Å². The molecule has 0 spiro atoms. The van der Waals surface area contributed by atoms with Gasteiger partial charge in [-0.2, -0.15) is 0 Å². The Hall–Kier alpha value is -0.570. The zero-order valence-corrected chi connectivity index (χ0v) is 8.95. The summed E-state index contributed by atoms with van der Waals surface area (Å²) in [5.74, 6) is -0.200. The van der Waals surface area contributed by atoms with Crippen LogP contribution in [0.15, 0.2) is 0 Å². The van der Waals surface area contributed by atoms with Crippen molar-refractivity contribution in [1.29, 1.82) is 0 Å². The molecule has 0 amide bonds. The Balaban J connectivity index is 3.99. The maximum atomic E-state index is 10.6. The van der Waals surface area contributed by atoms with Crippen molar-refractivity contribution in [2.45, 2.75) is 40.2 Å². The van der Waals surface area contributed by atoms with E-state index in [0.717, 1.165) is 6.42 Å². The number of hydrogen-bond donors (Lipinski definition) is 2. The molecule has 0 aromatic heterocycles. The second-order valence-electron chi connectivity index (χ2n) is 4.25. The topological polar surface area (TPSA) is 63.3 Å². The molecule has 0 rings (SSSR count). The minimum Gasteiger partial charge on any atom is -0.481 e. The molecule has 13 heavy (non-hydrogen) atoms. The molecule has 3 nitrogen and oxygen atoms in total. The molecule has 1 unspecified atom stereocenters. The van der Waals surface area contributed by atoms with E-state index in [1.807, 2.05) is 0 Å². The lowest BCUT2D eigenvalue weighted by atomic mass is 9.87. The largest absolute Gasteiger partial charge is 0.481 e. The predicted molar refractivity (Wildman–Crippen MR) is 53.4 cm³/mol. The molecule has 0 aliphatic carbocycles. The van der Waals surface area contributed by atoms with Gasteiger partial charge in [0.2, 0.25) is 0 Å². The van der Waals surface area contributed by atoms with E-state index in [4.69, 9.17) is 10.8 Å². The smallest absolute Gasteiger partial charge is 0.307 e. The lowest BCUT2D eigenvalue weighted by molar-refractivity contribution is -0.141. The van der Waals surface area contributed by atoms with Crippen molar-refractivity contribution < 1.29 is 9.90 Å². The molecule has 0 saturated carbocycles. The van der Waals surface area contributed by atoms with E-state index in [0.29, 0.717) is 11.8 Å². The van der Waals surface area contributed by atoms with Crippen LogP contribution in [0.1, 0.15) is 34.1 Å². The molecule has 0 radical (unpaired) electrons. The molecule has 0 aromatic rings. The molecule has 0 aliphatic heterocycles. The van der Waals surface area contributed by atoms with Crippen LogP contribution in [-0.2, 0) is 4.79 Å². The van der Waals surface area contributed by atoms with Crippen molar-refractivity contribution in [3.63, 3.8) is 0 Å². The number of carbonyl (C=O) groups is 1. The third kappa shape index (κ3) is 4.27.